The molecule has 1 N–H and O–H groups in total. The summed E-state index contributed by atoms with van der Waals surface area (Å²) in [6, 6.07) is 4.75. The lowest BCUT2D eigenvalue weighted by Gasteiger charge is -2.26. The third kappa shape index (κ3) is 5.01. The van der Waals surface area contributed by atoms with Crippen LogP contribution in [0.2, 0.25) is 0 Å². The maximum absolute atomic E-state index is 13.5. The number of hydrogen-bond donors (Lipinski definition) is 1. The Morgan fingerprint density at radius 3 is 2.76 bits per heavy atom. The molecule has 1 atom stereocenters. The van der Waals surface area contributed by atoms with Crippen LogP contribution in [0.4, 0.5) is 4.39 Å². The molecule has 0 fully saturated rings. The summed E-state index contributed by atoms with van der Waals surface area (Å²) >= 11 is 0. The van der Waals surface area contributed by atoms with Crippen molar-refractivity contribution in [3.8, 4) is 5.75 Å². The number of carbonyl (C=O) groups excluding carboxylic acids is 1. The van der Waals surface area contributed by atoms with E-state index in [1.807, 2.05) is 6.92 Å². The molecule has 118 valence electrons. The monoisotopic (exact) mass is 297 g/mol. The van der Waals surface area contributed by atoms with Gasteiger partial charge in [0.1, 0.15) is 5.54 Å². The summed E-state index contributed by atoms with van der Waals surface area (Å²) in [7, 11) is 1.72. The number of rotatable bonds is 8. The van der Waals surface area contributed by atoms with Crippen LogP contribution in [0.3, 0.4) is 0 Å². The standard InChI is InChI=1S/C16H24FNO3/c1-5-20-15(19)16(3,18-4)9-6-10-21-14-11-12(2)7-8-13(14)17/h7-8,11,18H,5-6,9-10H2,1-4H3. The van der Waals surface area contributed by atoms with Crippen molar-refractivity contribution < 1.29 is 18.7 Å². The molecule has 0 aliphatic heterocycles. The molecule has 1 aromatic rings. The van der Waals surface area contributed by atoms with E-state index in [9.17, 15) is 9.18 Å². The van der Waals surface area contributed by atoms with Gasteiger partial charge in [0.15, 0.2) is 11.6 Å². The molecule has 1 aromatic carbocycles. The molecule has 1 unspecified atom stereocenters. The molecule has 0 aliphatic carbocycles. The molecule has 0 spiro atoms. The second-order valence-corrected chi connectivity index (χ2v) is 5.19. The topological polar surface area (TPSA) is 47.6 Å². The highest BCUT2D eigenvalue weighted by Crippen LogP contribution is 2.20. The van der Waals surface area contributed by atoms with Gasteiger partial charge in [-0.15, -0.1) is 0 Å². The molecule has 0 saturated heterocycles. The quantitative estimate of drug-likeness (QED) is 0.592. The fourth-order valence-electron chi connectivity index (χ4n) is 1.95. The fourth-order valence-corrected chi connectivity index (χ4v) is 1.95. The van der Waals surface area contributed by atoms with Gasteiger partial charge in [-0.1, -0.05) is 6.07 Å². The lowest BCUT2D eigenvalue weighted by molar-refractivity contribution is -0.150. The molecule has 0 heterocycles. The van der Waals surface area contributed by atoms with Crippen LogP contribution in [-0.4, -0.2) is 31.8 Å². The van der Waals surface area contributed by atoms with E-state index in [2.05, 4.69) is 5.32 Å². The third-order valence-electron chi connectivity index (χ3n) is 3.44. The van der Waals surface area contributed by atoms with Gasteiger partial charge in [-0.2, -0.15) is 0 Å². The predicted octanol–water partition coefficient (Wildman–Crippen LogP) is 2.83. The Labute approximate surface area is 125 Å². The second kappa shape index (κ2) is 7.98. The highest BCUT2D eigenvalue weighted by molar-refractivity contribution is 5.80. The van der Waals surface area contributed by atoms with Crippen LogP contribution in [0, 0.1) is 12.7 Å². The molecule has 0 saturated carbocycles. The Hall–Kier alpha value is -1.62. The highest BCUT2D eigenvalue weighted by Gasteiger charge is 2.32. The Morgan fingerprint density at radius 2 is 2.14 bits per heavy atom. The number of carbonyl (C=O) groups is 1. The van der Waals surface area contributed by atoms with Gasteiger partial charge in [-0.25, -0.2) is 4.39 Å². The van der Waals surface area contributed by atoms with Gasteiger partial charge >= 0.3 is 5.97 Å². The van der Waals surface area contributed by atoms with Crippen molar-refractivity contribution in [3.63, 3.8) is 0 Å². The number of halogens is 1. The lowest BCUT2D eigenvalue weighted by atomic mass is 9.96. The summed E-state index contributed by atoms with van der Waals surface area (Å²) in [4.78, 5) is 11.9. The number of nitrogens with one attached hydrogen (secondary N) is 1. The van der Waals surface area contributed by atoms with Crippen molar-refractivity contribution in [2.75, 3.05) is 20.3 Å². The first-order chi connectivity index (χ1) is 9.92. The van der Waals surface area contributed by atoms with Crippen molar-refractivity contribution in [2.24, 2.45) is 0 Å². The van der Waals surface area contributed by atoms with Crippen LogP contribution in [0.15, 0.2) is 18.2 Å². The van der Waals surface area contributed by atoms with E-state index in [-0.39, 0.29) is 17.5 Å². The molecular formula is C16H24FNO3. The van der Waals surface area contributed by atoms with E-state index in [1.165, 1.54) is 6.07 Å². The number of esters is 1. The van der Waals surface area contributed by atoms with Gasteiger partial charge in [0, 0.05) is 0 Å². The van der Waals surface area contributed by atoms with Crippen LogP contribution in [0.5, 0.6) is 5.75 Å². The first-order valence-corrected chi connectivity index (χ1v) is 7.18. The molecule has 0 radical (unpaired) electrons. The van der Waals surface area contributed by atoms with Crippen LogP contribution in [-0.2, 0) is 9.53 Å². The Kier molecular flexibility index (Phi) is 6.62. The largest absolute Gasteiger partial charge is 0.491 e. The summed E-state index contributed by atoms with van der Waals surface area (Å²) in [6.45, 7) is 6.14. The van der Waals surface area contributed by atoms with E-state index in [4.69, 9.17) is 9.47 Å². The van der Waals surface area contributed by atoms with Crippen LogP contribution < -0.4 is 10.1 Å². The van der Waals surface area contributed by atoms with Crippen LogP contribution in [0.1, 0.15) is 32.3 Å². The summed E-state index contributed by atoms with van der Waals surface area (Å²) in [6.07, 6.45) is 1.17. The minimum atomic E-state index is -0.746. The molecule has 1 rings (SSSR count). The predicted molar refractivity (Wildman–Crippen MR) is 80.0 cm³/mol. The van der Waals surface area contributed by atoms with Crippen molar-refractivity contribution in [1.82, 2.24) is 5.32 Å². The molecule has 21 heavy (non-hydrogen) atoms. The maximum Gasteiger partial charge on any atom is 0.326 e. The van der Waals surface area contributed by atoms with E-state index in [0.717, 1.165) is 5.56 Å². The SMILES string of the molecule is CCOC(=O)C(C)(CCCOc1cc(C)ccc1F)NC. The van der Waals surface area contributed by atoms with Crippen LogP contribution >= 0.6 is 0 Å². The number of aryl methyl sites for hydroxylation is 1. The summed E-state index contributed by atoms with van der Waals surface area (Å²) in [5, 5.41) is 2.98. The molecule has 0 bridgehead atoms. The number of ether oxygens (including phenoxy) is 2. The summed E-state index contributed by atoms with van der Waals surface area (Å²) in [5.41, 5.74) is 0.197. The minimum absolute atomic E-state index is 0.247. The fraction of sp³-hybridized carbons (Fsp3) is 0.562. The molecule has 5 heteroatoms. The Balaban J connectivity index is 2.48. The van der Waals surface area contributed by atoms with Gasteiger partial charge < -0.3 is 14.8 Å². The zero-order chi connectivity index (χ0) is 15.9. The van der Waals surface area contributed by atoms with Gasteiger partial charge in [-0.05, 0) is 58.4 Å². The van der Waals surface area contributed by atoms with Gasteiger partial charge in [-0.3, -0.25) is 4.79 Å². The average molecular weight is 297 g/mol. The normalized spacial score (nSPS) is 13.6. The molecular weight excluding hydrogens is 273 g/mol. The van der Waals surface area contributed by atoms with Crippen molar-refractivity contribution in [3.05, 3.63) is 29.6 Å². The molecule has 0 amide bonds. The number of benzene rings is 1. The summed E-state index contributed by atoms with van der Waals surface area (Å²) in [5.74, 6) is -0.408. The summed E-state index contributed by atoms with van der Waals surface area (Å²) < 4.78 is 24.0. The highest BCUT2D eigenvalue weighted by atomic mass is 19.1. The van der Waals surface area contributed by atoms with Crippen molar-refractivity contribution in [2.45, 2.75) is 39.2 Å². The average Bonchev–Trinajstić information content (AvgIpc) is 2.47. The van der Waals surface area contributed by atoms with Gasteiger partial charge in [0.25, 0.3) is 0 Å². The van der Waals surface area contributed by atoms with Gasteiger partial charge in [0.2, 0.25) is 0 Å². The van der Waals surface area contributed by atoms with E-state index in [1.54, 1.807) is 33.0 Å². The molecule has 4 nitrogen and oxygen atoms in total. The molecule has 0 aromatic heterocycles. The third-order valence-corrected chi connectivity index (χ3v) is 3.44. The minimum Gasteiger partial charge on any atom is -0.491 e. The second-order valence-electron chi connectivity index (χ2n) is 5.19. The van der Waals surface area contributed by atoms with Gasteiger partial charge in [0.05, 0.1) is 13.2 Å². The van der Waals surface area contributed by atoms with E-state index >= 15 is 0 Å². The zero-order valence-corrected chi connectivity index (χ0v) is 13.2. The van der Waals surface area contributed by atoms with E-state index in [0.29, 0.717) is 26.1 Å². The maximum atomic E-state index is 13.5. The van der Waals surface area contributed by atoms with E-state index < -0.39 is 5.54 Å². The van der Waals surface area contributed by atoms with Crippen molar-refractivity contribution in [1.29, 1.82) is 0 Å². The first-order valence-electron chi connectivity index (χ1n) is 7.18. The molecule has 0 aliphatic rings. The van der Waals surface area contributed by atoms with Crippen LogP contribution in [0.25, 0.3) is 0 Å². The first kappa shape index (κ1) is 17.4. The lowest BCUT2D eigenvalue weighted by Crippen LogP contribution is -2.48. The number of likely N-dealkylation sites (N-methyl/N-ethyl adjacent to an activating group) is 1. The number of hydrogen-bond acceptors (Lipinski definition) is 4. The Bertz CT molecular complexity index is 479. The zero-order valence-electron chi connectivity index (χ0n) is 13.2. The Morgan fingerprint density at radius 1 is 1.43 bits per heavy atom. The smallest absolute Gasteiger partial charge is 0.326 e. The van der Waals surface area contributed by atoms with Crippen molar-refractivity contribution >= 4 is 5.97 Å².